The van der Waals surface area contributed by atoms with Crippen LogP contribution in [0.15, 0.2) is 42.5 Å². The van der Waals surface area contributed by atoms with Crippen LogP contribution < -0.4 is 16.0 Å². The second-order valence-electron chi connectivity index (χ2n) is 8.02. The number of anilines is 1. The van der Waals surface area contributed by atoms with E-state index in [1.807, 2.05) is 24.3 Å². The number of phenolic OH excluding ortho intramolecular Hbond substituents is 1. The van der Waals surface area contributed by atoms with Crippen LogP contribution >= 0.6 is 12.2 Å². The van der Waals surface area contributed by atoms with Crippen LogP contribution in [-0.2, 0) is 12.0 Å². The lowest BCUT2D eigenvalue weighted by Crippen LogP contribution is -2.39. The summed E-state index contributed by atoms with van der Waals surface area (Å²) in [5, 5.41) is 40.1. The van der Waals surface area contributed by atoms with Crippen molar-refractivity contribution in [2.24, 2.45) is 0 Å². The van der Waals surface area contributed by atoms with E-state index in [1.165, 1.54) is 23.8 Å². The Labute approximate surface area is 181 Å². The molecular formula is C21H28N4O4S. The van der Waals surface area contributed by atoms with E-state index in [1.54, 1.807) is 0 Å². The molecule has 8 nitrogen and oxygen atoms in total. The fourth-order valence-electron chi connectivity index (χ4n) is 2.71. The van der Waals surface area contributed by atoms with Gasteiger partial charge in [0.1, 0.15) is 5.75 Å². The van der Waals surface area contributed by atoms with Gasteiger partial charge in [0.25, 0.3) is 5.69 Å². The number of thiocarbonyl (C=S) groups is 1. The highest BCUT2D eigenvalue weighted by atomic mass is 32.1. The number of hydrogen-bond donors (Lipinski definition) is 5. The maximum Gasteiger partial charge on any atom is 0.270 e. The first-order valence-electron chi connectivity index (χ1n) is 9.56. The molecule has 0 aliphatic carbocycles. The first-order valence-corrected chi connectivity index (χ1v) is 9.97. The minimum absolute atomic E-state index is 0.0384. The van der Waals surface area contributed by atoms with Crippen LogP contribution in [0, 0.1) is 10.1 Å². The lowest BCUT2D eigenvalue weighted by Gasteiger charge is -2.19. The van der Waals surface area contributed by atoms with Crippen LogP contribution in [0.1, 0.15) is 31.9 Å². The van der Waals surface area contributed by atoms with E-state index in [-0.39, 0.29) is 36.5 Å². The molecule has 0 radical (unpaired) electrons. The predicted octanol–water partition coefficient (Wildman–Crippen LogP) is 3.04. The Morgan fingerprint density at radius 2 is 1.83 bits per heavy atom. The van der Waals surface area contributed by atoms with Gasteiger partial charge in [0, 0.05) is 43.0 Å². The molecule has 0 spiro atoms. The Bertz CT molecular complexity index is 882. The number of aliphatic hydroxyl groups excluding tert-OH is 1. The maximum absolute atomic E-state index is 10.8. The van der Waals surface area contributed by atoms with E-state index in [4.69, 9.17) is 12.2 Å². The van der Waals surface area contributed by atoms with Gasteiger partial charge in [-0.25, -0.2) is 0 Å². The van der Waals surface area contributed by atoms with Crippen molar-refractivity contribution in [2.75, 3.05) is 18.4 Å². The number of benzene rings is 2. The van der Waals surface area contributed by atoms with Crippen LogP contribution in [0.25, 0.3) is 0 Å². The number of hydrogen-bond acceptors (Lipinski definition) is 6. The molecule has 0 saturated carbocycles. The van der Waals surface area contributed by atoms with Gasteiger partial charge in [-0.3, -0.25) is 10.1 Å². The van der Waals surface area contributed by atoms with Crippen molar-refractivity contribution in [2.45, 2.75) is 38.8 Å². The van der Waals surface area contributed by atoms with E-state index >= 15 is 0 Å². The standard InChI is InChI=1S/C21H28N4O4S/c1-21(2,3)15-4-6-16(7-5-15)24-20(30)23-13-18(26)12-22-11-14-10-17(25(28)29)8-9-19(14)27/h4-10,18,22,26-27H,11-13H2,1-3H3,(H2,23,24,30). The Balaban J connectivity index is 1.74. The Morgan fingerprint density at radius 3 is 2.43 bits per heavy atom. The zero-order valence-electron chi connectivity index (χ0n) is 17.3. The van der Waals surface area contributed by atoms with Gasteiger partial charge in [0.15, 0.2) is 5.11 Å². The molecule has 2 aromatic carbocycles. The Morgan fingerprint density at radius 1 is 1.17 bits per heavy atom. The van der Waals surface area contributed by atoms with Crippen molar-refractivity contribution in [1.82, 2.24) is 10.6 Å². The molecule has 30 heavy (non-hydrogen) atoms. The van der Waals surface area contributed by atoms with E-state index in [0.29, 0.717) is 10.7 Å². The minimum Gasteiger partial charge on any atom is -0.508 e. The number of nitrogens with zero attached hydrogens (tertiary/aromatic N) is 1. The molecule has 0 amide bonds. The van der Waals surface area contributed by atoms with Crippen molar-refractivity contribution in [1.29, 1.82) is 0 Å². The number of nitrogens with one attached hydrogen (secondary N) is 3. The highest BCUT2D eigenvalue weighted by Gasteiger charge is 2.13. The second kappa shape index (κ2) is 10.3. The van der Waals surface area contributed by atoms with Gasteiger partial charge in [-0.05, 0) is 41.4 Å². The predicted molar refractivity (Wildman–Crippen MR) is 122 cm³/mol. The normalized spacial score (nSPS) is 12.3. The van der Waals surface area contributed by atoms with E-state index in [9.17, 15) is 20.3 Å². The molecule has 0 saturated heterocycles. The number of non-ortho nitro benzene ring substituents is 1. The minimum atomic E-state index is -0.742. The van der Waals surface area contributed by atoms with Crippen molar-refractivity contribution in [3.63, 3.8) is 0 Å². The van der Waals surface area contributed by atoms with Crippen LogP contribution in [0.2, 0.25) is 0 Å². The highest BCUT2D eigenvalue weighted by molar-refractivity contribution is 7.80. The van der Waals surface area contributed by atoms with Gasteiger partial charge >= 0.3 is 0 Å². The lowest BCUT2D eigenvalue weighted by molar-refractivity contribution is -0.384. The number of nitro groups is 1. The number of aliphatic hydroxyl groups is 1. The summed E-state index contributed by atoms with van der Waals surface area (Å²) in [7, 11) is 0. The van der Waals surface area contributed by atoms with E-state index < -0.39 is 11.0 Å². The summed E-state index contributed by atoms with van der Waals surface area (Å²) in [5.41, 5.74) is 2.45. The summed E-state index contributed by atoms with van der Waals surface area (Å²) in [6.45, 7) is 7.08. The molecule has 0 bridgehead atoms. The quantitative estimate of drug-likeness (QED) is 0.245. The zero-order valence-corrected chi connectivity index (χ0v) is 18.1. The van der Waals surface area contributed by atoms with Gasteiger partial charge in [0.2, 0.25) is 0 Å². The molecule has 2 rings (SSSR count). The molecule has 0 heterocycles. The molecular weight excluding hydrogens is 404 g/mol. The Kier molecular flexibility index (Phi) is 8.10. The molecule has 1 unspecified atom stereocenters. The highest BCUT2D eigenvalue weighted by Crippen LogP contribution is 2.24. The van der Waals surface area contributed by atoms with Gasteiger partial charge in [-0.15, -0.1) is 0 Å². The summed E-state index contributed by atoms with van der Waals surface area (Å²) in [6, 6.07) is 11.8. The maximum atomic E-state index is 10.8. The monoisotopic (exact) mass is 432 g/mol. The first-order chi connectivity index (χ1) is 14.1. The molecule has 0 aliphatic rings. The largest absolute Gasteiger partial charge is 0.508 e. The third-order valence-corrected chi connectivity index (χ3v) is 4.72. The number of aromatic hydroxyl groups is 1. The van der Waals surface area contributed by atoms with Crippen LogP contribution in [0.5, 0.6) is 5.75 Å². The molecule has 162 valence electrons. The molecule has 0 aromatic heterocycles. The van der Waals surface area contributed by atoms with Gasteiger partial charge in [-0.1, -0.05) is 32.9 Å². The average Bonchev–Trinajstić information content (AvgIpc) is 2.67. The number of rotatable bonds is 8. The lowest BCUT2D eigenvalue weighted by atomic mass is 9.87. The van der Waals surface area contributed by atoms with Gasteiger partial charge in [0.05, 0.1) is 11.0 Å². The Hall–Kier alpha value is -2.75. The zero-order chi connectivity index (χ0) is 22.3. The summed E-state index contributed by atoms with van der Waals surface area (Å²) in [5.74, 6) is -0.0384. The van der Waals surface area contributed by atoms with Crippen LogP contribution in [-0.4, -0.2) is 39.4 Å². The summed E-state index contributed by atoms with van der Waals surface area (Å²) >= 11 is 5.26. The van der Waals surface area contributed by atoms with Crippen molar-refractivity contribution < 1.29 is 15.1 Å². The molecule has 5 N–H and O–H groups in total. The SMILES string of the molecule is CC(C)(C)c1ccc(NC(=S)NCC(O)CNCc2cc([N+](=O)[O-])ccc2O)cc1. The summed E-state index contributed by atoms with van der Waals surface area (Å²) < 4.78 is 0. The smallest absolute Gasteiger partial charge is 0.270 e. The van der Waals surface area contributed by atoms with E-state index in [0.717, 1.165) is 5.69 Å². The van der Waals surface area contributed by atoms with E-state index in [2.05, 4.69) is 36.7 Å². The fraction of sp³-hybridized carbons (Fsp3) is 0.381. The van der Waals surface area contributed by atoms with Crippen molar-refractivity contribution in [3.05, 3.63) is 63.7 Å². The van der Waals surface area contributed by atoms with Crippen molar-refractivity contribution >= 4 is 28.7 Å². The van der Waals surface area contributed by atoms with Crippen LogP contribution in [0.4, 0.5) is 11.4 Å². The first kappa shape index (κ1) is 23.5. The summed E-state index contributed by atoms with van der Waals surface area (Å²) in [6.07, 6.45) is -0.742. The van der Waals surface area contributed by atoms with Gasteiger partial charge < -0.3 is 26.2 Å². The average molecular weight is 433 g/mol. The molecule has 0 fully saturated rings. The van der Waals surface area contributed by atoms with Crippen molar-refractivity contribution in [3.8, 4) is 5.75 Å². The number of nitro benzene ring substituents is 1. The molecule has 9 heteroatoms. The second-order valence-corrected chi connectivity index (χ2v) is 8.43. The summed E-state index contributed by atoms with van der Waals surface area (Å²) in [4.78, 5) is 10.3. The third kappa shape index (κ3) is 7.25. The van der Waals surface area contributed by atoms with Crippen LogP contribution in [0.3, 0.4) is 0 Å². The topological polar surface area (TPSA) is 120 Å². The molecule has 0 aliphatic heterocycles. The molecule has 2 aromatic rings. The third-order valence-electron chi connectivity index (χ3n) is 4.48. The van der Waals surface area contributed by atoms with Gasteiger partial charge in [-0.2, -0.15) is 0 Å². The molecule has 1 atom stereocenters. The fourth-order valence-corrected chi connectivity index (χ4v) is 2.91. The number of phenols is 1.